The molecule has 0 amide bonds. The van der Waals surface area contributed by atoms with Gasteiger partial charge < -0.3 is 5.11 Å². The Morgan fingerprint density at radius 2 is 1.92 bits per heavy atom. The largest absolute Gasteiger partial charge is 0.393 e. The third-order valence-corrected chi connectivity index (χ3v) is 3.18. The van der Waals surface area contributed by atoms with Gasteiger partial charge in [0, 0.05) is 0 Å². The van der Waals surface area contributed by atoms with Gasteiger partial charge in [-0.05, 0) is 19.8 Å². The van der Waals surface area contributed by atoms with Crippen molar-refractivity contribution in [3.63, 3.8) is 0 Å². The lowest BCUT2D eigenvalue weighted by atomic mass is 10.1. The van der Waals surface area contributed by atoms with Crippen LogP contribution in [-0.2, 0) is 10.1 Å². The van der Waals surface area contributed by atoms with Crippen molar-refractivity contribution in [1.82, 2.24) is 0 Å². The molecule has 2 N–H and O–H groups in total. The second kappa shape index (κ2) is 5.57. The van der Waals surface area contributed by atoms with E-state index in [0.717, 1.165) is 12.8 Å². The summed E-state index contributed by atoms with van der Waals surface area (Å²) in [6.45, 7) is 3.47. The minimum Gasteiger partial charge on any atom is -0.393 e. The highest BCUT2D eigenvalue weighted by molar-refractivity contribution is 7.86. The molecular weight excluding hydrogens is 192 g/mol. The van der Waals surface area contributed by atoms with Crippen LogP contribution in [0.25, 0.3) is 0 Å². The number of hydrogen-bond acceptors (Lipinski definition) is 3. The van der Waals surface area contributed by atoms with Gasteiger partial charge in [-0.25, -0.2) is 0 Å². The van der Waals surface area contributed by atoms with E-state index in [1.54, 1.807) is 0 Å². The standard InChI is InChI=1S/C8H18O4S/c1-3-4-5-8(6-7(2)9)13(10,11)12/h7-9H,3-6H2,1-2H3,(H,10,11,12). The molecule has 0 heterocycles. The zero-order chi connectivity index (χ0) is 10.5. The Labute approximate surface area is 79.7 Å². The molecule has 0 saturated carbocycles. The number of aliphatic hydroxyl groups is 1. The molecule has 4 nitrogen and oxygen atoms in total. The fourth-order valence-corrected chi connectivity index (χ4v) is 2.19. The Bertz CT molecular complexity index is 220. The van der Waals surface area contributed by atoms with Crippen LogP contribution >= 0.6 is 0 Å². The Morgan fingerprint density at radius 3 is 2.23 bits per heavy atom. The lowest BCUT2D eigenvalue weighted by Crippen LogP contribution is -2.24. The highest BCUT2D eigenvalue weighted by atomic mass is 32.2. The highest BCUT2D eigenvalue weighted by Crippen LogP contribution is 2.14. The summed E-state index contributed by atoms with van der Waals surface area (Å²) in [6, 6.07) is 0. The lowest BCUT2D eigenvalue weighted by Gasteiger charge is -2.14. The minimum absolute atomic E-state index is 0.110. The zero-order valence-electron chi connectivity index (χ0n) is 8.10. The maximum Gasteiger partial charge on any atom is 0.267 e. The smallest absolute Gasteiger partial charge is 0.267 e. The van der Waals surface area contributed by atoms with Crippen molar-refractivity contribution in [2.45, 2.75) is 50.9 Å². The van der Waals surface area contributed by atoms with Gasteiger partial charge in [0.25, 0.3) is 10.1 Å². The highest BCUT2D eigenvalue weighted by Gasteiger charge is 2.23. The van der Waals surface area contributed by atoms with Crippen LogP contribution in [0.1, 0.15) is 39.5 Å². The van der Waals surface area contributed by atoms with Crippen molar-refractivity contribution >= 4 is 10.1 Å². The predicted octanol–water partition coefficient (Wildman–Crippen LogP) is 1.20. The quantitative estimate of drug-likeness (QED) is 0.646. The molecule has 0 aliphatic rings. The molecular formula is C8H18O4S. The summed E-state index contributed by atoms with van der Waals surface area (Å²) in [6.07, 6.45) is 1.46. The molecule has 0 bridgehead atoms. The van der Waals surface area contributed by atoms with E-state index < -0.39 is 21.5 Å². The first-order valence-corrected chi connectivity index (χ1v) is 6.02. The molecule has 0 aromatic heterocycles. The van der Waals surface area contributed by atoms with Crippen molar-refractivity contribution in [2.75, 3.05) is 0 Å². The average Bonchev–Trinajstić information content (AvgIpc) is 1.95. The fraction of sp³-hybridized carbons (Fsp3) is 1.00. The predicted molar refractivity (Wildman–Crippen MR) is 51.2 cm³/mol. The normalized spacial score (nSPS) is 16.9. The van der Waals surface area contributed by atoms with Crippen LogP contribution < -0.4 is 0 Å². The van der Waals surface area contributed by atoms with E-state index in [1.165, 1.54) is 6.92 Å². The van der Waals surface area contributed by atoms with Gasteiger partial charge in [-0.15, -0.1) is 0 Å². The first-order chi connectivity index (χ1) is 5.88. The topological polar surface area (TPSA) is 74.6 Å². The maximum atomic E-state index is 10.8. The maximum absolute atomic E-state index is 10.8. The van der Waals surface area contributed by atoms with Gasteiger partial charge in [-0.2, -0.15) is 8.42 Å². The first kappa shape index (κ1) is 12.9. The number of aliphatic hydroxyl groups excluding tert-OH is 1. The van der Waals surface area contributed by atoms with Crippen LogP contribution in [0.2, 0.25) is 0 Å². The molecule has 0 aliphatic carbocycles. The van der Waals surface area contributed by atoms with E-state index in [4.69, 9.17) is 9.66 Å². The Balaban J connectivity index is 4.21. The molecule has 0 saturated heterocycles. The van der Waals surface area contributed by atoms with Crippen LogP contribution in [-0.4, -0.2) is 29.4 Å². The third-order valence-electron chi connectivity index (χ3n) is 1.90. The van der Waals surface area contributed by atoms with Crippen molar-refractivity contribution in [3.8, 4) is 0 Å². The number of unbranched alkanes of at least 4 members (excludes halogenated alkanes) is 1. The molecule has 0 spiro atoms. The number of rotatable bonds is 6. The summed E-state index contributed by atoms with van der Waals surface area (Å²) in [7, 11) is -3.99. The SMILES string of the molecule is CCCCC(CC(C)O)S(=O)(=O)O. The molecule has 0 fully saturated rings. The van der Waals surface area contributed by atoms with Crippen molar-refractivity contribution in [3.05, 3.63) is 0 Å². The molecule has 13 heavy (non-hydrogen) atoms. The molecule has 0 rings (SSSR count). The molecule has 2 unspecified atom stereocenters. The van der Waals surface area contributed by atoms with Gasteiger partial charge in [0.15, 0.2) is 0 Å². The molecule has 5 heteroatoms. The molecule has 0 aromatic rings. The second-order valence-corrected chi connectivity index (χ2v) is 5.06. The van der Waals surface area contributed by atoms with Crippen molar-refractivity contribution in [1.29, 1.82) is 0 Å². The van der Waals surface area contributed by atoms with E-state index in [2.05, 4.69) is 0 Å². The Morgan fingerprint density at radius 1 is 1.38 bits per heavy atom. The lowest BCUT2D eigenvalue weighted by molar-refractivity contribution is 0.179. The summed E-state index contributed by atoms with van der Waals surface area (Å²) in [5.41, 5.74) is 0. The molecule has 0 radical (unpaired) electrons. The minimum atomic E-state index is -3.99. The van der Waals surface area contributed by atoms with E-state index in [9.17, 15) is 8.42 Å². The Hall–Kier alpha value is -0.130. The molecule has 80 valence electrons. The van der Waals surface area contributed by atoms with Crippen LogP contribution in [0.5, 0.6) is 0 Å². The van der Waals surface area contributed by atoms with E-state index in [1.807, 2.05) is 6.92 Å². The van der Waals surface area contributed by atoms with Crippen molar-refractivity contribution < 1.29 is 18.1 Å². The summed E-state index contributed by atoms with van der Waals surface area (Å²) >= 11 is 0. The summed E-state index contributed by atoms with van der Waals surface area (Å²) < 4.78 is 30.4. The Kier molecular flexibility index (Phi) is 5.51. The van der Waals surface area contributed by atoms with Gasteiger partial charge in [0.2, 0.25) is 0 Å². The molecule has 0 aliphatic heterocycles. The van der Waals surface area contributed by atoms with Gasteiger partial charge in [0.05, 0.1) is 11.4 Å². The number of hydrogen-bond donors (Lipinski definition) is 2. The third kappa shape index (κ3) is 6.01. The summed E-state index contributed by atoms with van der Waals surface area (Å²) in [4.78, 5) is 0. The van der Waals surface area contributed by atoms with Gasteiger partial charge >= 0.3 is 0 Å². The molecule has 2 atom stereocenters. The van der Waals surface area contributed by atoms with Gasteiger partial charge in [0.1, 0.15) is 0 Å². The van der Waals surface area contributed by atoms with Gasteiger partial charge in [-0.1, -0.05) is 19.8 Å². The zero-order valence-corrected chi connectivity index (χ0v) is 8.92. The second-order valence-electron chi connectivity index (χ2n) is 3.36. The average molecular weight is 210 g/mol. The van der Waals surface area contributed by atoms with E-state index >= 15 is 0 Å². The van der Waals surface area contributed by atoms with Crippen molar-refractivity contribution in [2.24, 2.45) is 0 Å². The van der Waals surface area contributed by atoms with Gasteiger partial charge in [-0.3, -0.25) is 4.55 Å². The van der Waals surface area contributed by atoms with E-state index in [0.29, 0.717) is 6.42 Å². The van der Waals surface area contributed by atoms with Crippen LogP contribution in [0.4, 0.5) is 0 Å². The summed E-state index contributed by atoms with van der Waals surface area (Å²) in [5.74, 6) is 0. The molecule has 0 aromatic carbocycles. The van der Waals surface area contributed by atoms with Crippen LogP contribution in [0, 0.1) is 0 Å². The summed E-state index contributed by atoms with van der Waals surface area (Å²) in [5, 5.41) is 8.20. The fourth-order valence-electron chi connectivity index (χ4n) is 1.20. The monoisotopic (exact) mass is 210 g/mol. The van der Waals surface area contributed by atoms with E-state index in [-0.39, 0.29) is 6.42 Å². The first-order valence-electron chi connectivity index (χ1n) is 4.52. The van der Waals surface area contributed by atoms with Crippen LogP contribution in [0.15, 0.2) is 0 Å². The van der Waals surface area contributed by atoms with Crippen LogP contribution in [0.3, 0.4) is 0 Å².